The summed E-state index contributed by atoms with van der Waals surface area (Å²) in [6, 6.07) is 4.91. The van der Waals surface area contributed by atoms with E-state index in [0.717, 1.165) is 37.4 Å². The molecule has 1 aromatic carbocycles. The van der Waals surface area contributed by atoms with Crippen molar-refractivity contribution >= 4 is 46.6 Å². The highest BCUT2D eigenvalue weighted by Gasteiger charge is 2.25. The molecule has 0 aromatic heterocycles. The number of halogens is 1. The average Bonchev–Trinajstić information content (AvgIpc) is 2.88. The average molecular weight is 366 g/mol. The summed E-state index contributed by atoms with van der Waals surface area (Å²) in [5.74, 6) is -0.400. The van der Waals surface area contributed by atoms with Gasteiger partial charge < -0.3 is 4.74 Å². The number of carbonyl (C=O) groups excluding carboxylic acids is 3. The first-order valence-corrected chi connectivity index (χ1v) is 8.98. The number of imide groups is 1. The molecule has 126 valence electrons. The summed E-state index contributed by atoms with van der Waals surface area (Å²) in [6.45, 7) is 0. The van der Waals surface area contributed by atoms with Crippen molar-refractivity contribution in [1.29, 1.82) is 0 Å². The third kappa shape index (κ3) is 3.99. The number of rotatable bonds is 3. The van der Waals surface area contributed by atoms with Gasteiger partial charge in [0.25, 0.3) is 11.1 Å². The number of amides is 2. The molecular weight excluding hydrogens is 350 g/mol. The number of benzene rings is 1. The minimum Gasteiger partial charge on any atom is -0.425 e. The number of thioether (sulfide) groups is 1. The first-order chi connectivity index (χ1) is 11.5. The molecule has 0 bridgehead atoms. The maximum Gasteiger partial charge on any atom is 0.314 e. The fourth-order valence-electron chi connectivity index (χ4n) is 2.79. The lowest BCUT2D eigenvalue weighted by atomic mass is 9.89. The highest BCUT2D eigenvalue weighted by Crippen LogP contribution is 2.31. The predicted molar refractivity (Wildman–Crippen MR) is 92.8 cm³/mol. The number of esters is 1. The Balaban J connectivity index is 1.70. The van der Waals surface area contributed by atoms with Crippen LogP contribution in [0.25, 0.3) is 6.08 Å². The molecule has 1 N–H and O–H groups in total. The largest absolute Gasteiger partial charge is 0.425 e. The van der Waals surface area contributed by atoms with Crippen LogP contribution in [0.1, 0.15) is 37.7 Å². The Morgan fingerprint density at radius 3 is 2.62 bits per heavy atom. The van der Waals surface area contributed by atoms with Gasteiger partial charge in [-0.15, -0.1) is 0 Å². The molecule has 1 aliphatic carbocycles. The zero-order valence-corrected chi connectivity index (χ0v) is 14.4. The molecule has 1 aliphatic heterocycles. The zero-order valence-electron chi connectivity index (χ0n) is 12.8. The van der Waals surface area contributed by atoms with Crippen LogP contribution < -0.4 is 10.1 Å². The van der Waals surface area contributed by atoms with Crippen molar-refractivity contribution in [1.82, 2.24) is 5.32 Å². The second kappa shape index (κ2) is 7.40. The summed E-state index contributed by atoms with van der Waals surface area (Å²) in [6.07, 6.45) is 6.57. The number of nitrogens with one attached hydrogen (secondary N) is 1. The maximum atomic E-state index is 12.2. The summed E-state index contributed by atoms with van der Waals surface area (Å²) >= 11 is 7.02. The Labute approximate surface area is 148 Å². The van der Waals surface area contributed by atoms with E-state index in [0.29, 0.717) is 21.2 Å². The molecule has 2 aliphatic rings. The Kier molecular flexibility index (Phi) is 5.26. The standard InChI is InChI=1S/C17H16ClNO4S/c18-12-8-10(9-14-15(20)19-17(22)24-14)6-7-13(12)23-16(21)11-4-2-1-3-5-11/h6-9,11H,1-5H2,(H,19,20,22)/b14-9-. The van der Waals surface area contributed by atoms with Gasteiger partial charge in [0.05, 0.1) is 15.8 Å². The third-order valence-corrected chi connectivity index (χ3v) is 5.15. The predicted octanol–water partition coefficient (Wildman–Crippen LogP) is 4.15. The van der Waals surface area contributed by atoms with Crippen LogP contribution in [0.15, 0.2) is 23.1 Å². The second-order valence-corrected chi connectivity index (χ2v) is 7.22. The van der Waals surface area contributed by atoms with Crippen LogP contribution in [-0.2, 0) is 9.59 Å². The molecule has 0 spiro atoms. The van der Waals surface area contributed by atoms with Crippen LogP contribution in [0.3, 0.4) is 0 Å². The molecule has 1 saturated carbocycles. The molecule has 1 saturated heterocycles. The smallest absolute Gasteiger partial charge is 0.314 e. The van der Waals surface area contributed by atoms with Crippen LogP contribution in [0.5, 0.6) is 5.75 Å². The van der Waals surface area contributed by atoms with Crippen molar-refractivity contribution in [3.63, 3.8) is 0 Å². The van der Waals surface area contributed by atoms with E-state index >= 15 is 0 Å². The monoisotopic (exact) mass is 365 g/mol. The van der Waals surface area contributed by atoms with Gasteiger partial charge in [-0.2, -0.15) is 0 Å². The number of hydrogen-bond acceptors (Lipinski definition) is 5. The highest BCUT2D eigenvalue weighted by molar-refractivity contribution is 8.18. The molecule has 0 atom stereocenters. The van der Waals surface area contributed by atoms with E-state index in [9.17, 15) is 14.4 Å². The minimum atomic E-state index is -0.422. The van der Waals surface area contributed by atoms with Gasteiger partial charge in [-0.25, -0.2) is 0 Å². The molecule has 3 rings (SSSR count). The topological polar surface area (TPSA) is 72.5 Å². The van der Waals surface area contributed by atoms with Crippen molar-refractivity contribution in [3.8, 4) is 5.75 Å². The van der Waals surface area contributed by atoms with E-state index in [1.165, 1.54) is 6.42 Å². The first-order valence-electron chi connectivity index (χ1n) is 7.79. The minimum absolute atomic E-state index is 0.0544. The van der Waals surface area contributed by atoms with Crippen molar-refractivity contribution in [2.24, 2.45) is 5.92 Å². The van der Waals surface area contributed by atoms with Crippen molar-refractivity contribution in [3.05, 3.63) is 33.7 Å². The van der Waals surface area contributed by atoms with Crippen LogP contribution in [0, 0.1) is 5.92 Å². The van der Waals surface area contributed by atoms with E-state index in [1.807, 2.05) is 0 Å². The van der Waals surface area contributed by atoms with Gasteiger partial charge in [0, 0.05) is 0 Å². The summed E-state index contributed by atoms with van der Waals surface area (Å²) in [7, 11) is 0. The lowest BCUT2D eigenvalue weighted by Crippen LogP contribution is -2.22. The molecule has 1 aromatic rings. The molecule has 7 heteroatoms. The van der Waals surface area contributed by atoms with E-state index in [2.05, 4.69) is 5.32 Å². The molecule has 0 radical (unpaired) electrons. The van der Waals surface area contributed by atoms with Crippen LogP contribution in [0.4, 0.5) is 4.79 Å². The molecule has 0 unspecified atom stereocenters. The molecule has 24 heavy (non-hydrogen) atoms. The SMILES string of the molecule is O=C1NC(=O)/C(=C/c2ccc(OC(=O)C3CCCCC3)c(Cl)c2)S1. The molecule has 2 fully saturated rings. The summed E-state index contributed by atoms with van der Waals surface area (Å²) in [5, 5.41) is 2.09. The lowest BCUT2D eigenvalue weighted by Gasteiger charge is -2.20. The fourth-order valence-corrected chi connectivity index (χ4v) is 3.70. The van der Waals surface area contributed by atoms with E-state index in [1.54, 1.807) is 24.3 Å². The lowest BCUT2D eigenvalue weighted by molar-refractivity contribution is -0.140. The zero-order chi connectivity index (χ0) is 17.1. The Morgan fingerprint density at radius 1 is 1.25 bits per heavy atom. The quantitative estimate of drug-likeness (QED) is 0.495. The summed E-state index contributed by atoms with van der Waals surface area (Å²) in [4.78, 5) is 35.2. The first kappa shape index (κ1) is 17.0. The molecule has 5 nitrogen and oxygen atoms in total. The van der Waals surface area contributed by atoms with Gasteiger partial charge in [0.2, 0.25) is 0 Å². The Bertz CT molecular complexity index is 725. The fraction of sp³-hybridized carbons (Fsp3) is 0.353. The van der Waals surface area contributed by atoms with E-state index < -0.39 is 11.1 Å². The summed E-state index contributed by atoms with van der Waals surface area (Å²) < 4.78 is 5.42. The molecular formula is C17H16ClNO4S. The van der Waals surface area contributed by atoms with Gasteiger partial charge in [-0.3, -0.25) is 19.7 Å². The van der Waals surface area contributed by atoms with E-state index in [4.69, 9.17) is 16.3 Å². The van der Waals surface area contributed by atoms with Gasteiger partial charge in [-0.05, 0) is 48.4 Å². The van der Waals surface area contributed by atoms with Gasteiger partial charge in [0.15, 0.2) is 0 Å². The van der Waals surface area contributed by atoms with Crippen molar-refractivity contribution in [2.45, 2.75) is 32.1 Å². The Morgan fingerprint density at radius 2 is 2.00 bits per heavy atom. The van der Waals surface area contributed by atoms with Gasteiger partial charge in [-0.1, -0.05) is 36.9 Å². The maximum absolute atomic E-state index is 12.2. The molecule has 1 heterocycles. The van der Waals surface area contributed by atoms with Crippen molar-refractivity contribution in [2.75, 3.05) is 0 Å². The Hall–Kier alpha value is -1.79. The van der Waals surface area contributed by atoms with Gasteiger partial charge in [0.1, 0.15) is 5.75 Å². The molecule has 2 amide bonds. The number of carbonyl (C=O) groups is 3. The summed E-state index contributed by atoms with van der Waals surface area (Å²) in [5.41, 5.74) is 0.657. The normalized spacial score (nSPS) is 20.3. The number of hydrogen-bond donors (Lipinski definition) is 1. The third-order valence-electron chi connectivity index (χ3n) is 4.04. The van der Waals surface area contributed by atoms with Crippen LogP contribution in [-0.4, -0.2) is 17.1 Å². The van der Waals surface area contributed by atoms with Crippen LogP contribution >= 0.6 is 23.4 Å². The van der Waals surface area contributed by atoms with Crippen LogP contribution in [0.2, 0.25) is 5.02 Å². The highest BCUT2D eigenvalue weighted by atomic mass is 35.5. The van der Waals surface area contributed by atoms with E-state index in [-0.39, 0.29) is 11.9 Å². The second-order valence-electron chi connectivity index (χ2n) is 5.80. The van der Waals surface area contributed by atoms with Gasteiger partial charge >= 0.3 is 5.97 Å². The number of ether oxygens (including phenoxy) is 1. The van der Waals surface area contributed by atoms with Crippen molar-refractivity contribution < 1.29 is 19.1 Å².